The van der Waals surface area contributed by atoms with Crippen molar-refractivity contribution >= 4 is 27.3 Å². The minimum absolute atomic E-state index is 0.0504. The maximum Gasteiger partial charge on any atom is 0.255 e. The number of carbonyl (C=O) groups is 1. The van der Waals surface area contributed by atoms with E-state index in [0.29, 0.717) is 35.0 Å². The number of hydrogen-bond donors (Lipinski definition) is 2. The Labute approximate surface area is 158 Å². The fourth-order valence-corrected chi connectivity index (χ4v) is 3.13. The van der Waals surface area contributed by atoms with Gasteiger partial charge in [-0.1, -0.05) is 0 Å². The predicted octanol–water partition coefficient (Wildman–Crippen LogP) is 3.25. The summed E-state index contributed by atoms with van der Waals surface area (Å²) in [6.07, 6.45) is -0.0504. The van der Waals surface area contributed by atoms with Gasteiger partial charge in [-0.3, -0.25) is 9.52 Å². The Morgan fingerprint density at radius 3 is 2.41 bits per heavy atom. The van der Waals surface area contributed by atoms with Gasteiger partial charge in [0.15, 0.2) is 11.5 Å². The molecule has 0 saturated heterocycles. The maximum atomic E-state index is 12.4. The average molecular weight is 390 g/mol. The number of carbonyl (C=O) groups excluding carboxylic acids is 1. The molecule has 3 rings (SSSR count). The highest BCUT2D eigenvalue weighted by Crippen LogP contribution is 2.34. The summed E-state index contributed by atoms with van der Waals surface area (Å²) < 4.78 is 37.5. The molecule has 27 heavy (non-hydrogen) atoms. The lowest BCUT2D eigenvalue weighted by atomic mass is 10.2. The second kappa shape index (κ2) is 7.48. The van der Waals surface area contributed by atoms with Crippen molar-refractivity contribution in [2.24, 2.45) is 0 Å². The third kappa shape index (κ3) is 4.51. The first-order valence-electron chi connectivity index (χ1n) is 8.61. The summed E-state index contributed by atoms with van der Waals surface area (Å²) in [4.78, 5) is 12.4. The van der Waals surface area contributed by atoms with E-state index < -0.39 is 15.3 Å². The van der Waals surface area contributed by atoms with Crippen LogP contribution in [0.4, 0.5) is 11.4 Å². The summed E-state index contributed by atoms with van der Waals surface area (Å²) in [6.45, 7) is 5.59. The SMILES string of the molecule is CC1COc2ccc(NC(=O)c3ccc(NS(=O)(=O)C(C)C)cc3)cc2O1. The molecular weight excluding hydrogens is 368 g/mol. The lowest BCUT2D eigenvalue weighted by molar-refractivity contribution is 0.102. The number of hydrogen-bond acceptors (Lipinski definition) is 5. The van der Waals surface area contributed by atoms with E-state index in [1.165, 1.54) is 0 Å². The Morgan fingerprint density at radius 2 is 1.74 bits per heavy atom. The molecular formula is C19H22N2O5S. The molecule has 0 spiro atoms. The molecule has 1 atom stereocenters. The Balaban J connectivity index is 1.69. The van der Waals surface area contributed by atoms with E-state index >= 15 is 0 Å². The van der Waals surface area contributed by atoms with E-state index in [-0.39, 0.29) is 12.0 Å². The molecule has 0 saturated carbocycles. The second-order valence-corrected chi connectivity index (χ2v) is 8.87. The topological polar surface area (TPSA) is 93.7 Å². The number of rotatable bonds is 5. The standard InChI is InChI=1S/C19H22N2O5S/c1-12(2)27(23,24)21-15-6-4-14(5-7-15)19(22)20-16-8-9-17-18(10-16)26-13(3)11-25-17/h4-10,12-13,21H,11H2,1-3H3,(H,20,22). The van der Waals surface area contributed by atoms with E-state index in [4.69, 9.17) is 9.47 Å². The van der Waals surface area contributed by atoms with Crippen molar-refractivity contribution in [1.29, 1.82) is 0 Å². The number of benzene rings is 2. The van der Waals surface area contributed by atoms with Crippen molar-refractivity contribution in [3.63, 3.8) is 0 Å². The lowest BCUT2D eigenvalue weighted by Crippen LogP contribution is -2.25. The van der Waals surface area contributed by atoms with Crippen LogP contribution in [0.25, 0.3) is 0 Å². The first-order valence-corrected chi connectivity index (χ1v) is 10.2. The van der Waals surface area contributed by atoms with Gasteiger partial charge >= 0.3 is 0 Å². The van der Waals surface area contributed by atoms with Gasteiger partial charge in [0.05, 0.1) is 5.25 Å². The predicted molar refractivity (Wildman–Crippen MR) is 104 cm³/mol. The highest BCUT2D eigenvalue weighted by Gasteiger charge is 2.18. The maximum absolute atomic E-state index is 12.4. The van der Waals surface area contributed by atoms with Gasteiger partial charge in [0, 0.05) is 23.0 Å². The molecule has 2 aromatic rings. The number of amides is 1. The Bertz CT molecular complexity index is 939. The molecule has 0 aromatic heterocycles. The van der Waals surface area contributed by atoms with Crippen LogP contribution >= 0.6 is 0 Å². The Morgan fingerprint density at radius 1 is 1.07 bits per heavy atom. The zero-order valence-electron chi connectivity index (χ0n) is 15.4. The summed E-state index contributed by atoms with van der Waals surface area (Å²) in [6, 6.07) is 11.4. The van der Waals surface area contributed by atoms with Crippen molar-refractivity contribution in [1.82, 2.24) is 0 Å². The molecule has 0 aliphatic carbocycles. The Kier molecular flexibility index (Phi) is 5.27. The van der Waals surface area contributed by atoms with Crippen LogP contribution in [0.15, 0.2) is 42.5 Å². The number of fused-ring (bicyclic) bond motifs is 1. The fourth-order valence-electron chi connectivity index (χ4n) is 2.43. The van der Waals surface area contributed by atoms with Crippen LogP contribution in [-0.4, -0.2) is 32.3 Å². The van der Waals surface area contributed by atoms with E-state index in [9.17, 15) is 13.2 Å². The van der Waals surface area contributed by atoms with E-state index in [2.05, 4.69) is 10.0 Å². The van der Waals surface area contributed by atoms with Crippen LogP contribution < -0.4 is 19.5 Å². The molecule has 1 aliphatic rings. The number of anilines is 2. The van der Waals surface area contributed by atoms with Gasteiger partial charge in [-0.05, 0) is 57.2 Å². The molecule has 7 nitrogen and oxygen atoms in total. The van der Waals surface area contributed by atoms with Crippen molar-refractivity contribution < 1.29 is 22.7 Å². The van der Waals surface area contributed by atoms with Crippen molar-refractivity contribution in [2.45, 2.75) is 32.1 Å². The van der Waals surface area contributed by atoms with Crippen molar-refractivity contribution in [2.75, 3.05) is 16.6 Å². The highest BCUT2D eigenvalue weighted by atomic mass is 32.2. The van der Waals surface area contributed by atoms with Crippen LogP contribution in [0, 0.1) is 0 Å². The highest BCUT2D eigenvalue weighted by molar-refractivity contribution is 7.93. The van der Waals surface area contributed by atoms with E-state index in [1.807, 2.05) is 6.92 Å². The molecule has 0 bridgehead atoms. The minimum atomic E-state index is -3.42. The summed E-state index contributed by atoms with van der Waals surface area (Å²) >= 11 is 0. The van der Waals surface area contributed by atoms with Crippen LogP contribution in [-0.2, 0) is 10.0 Å². The van der Waals surface area contributed by atoms with Gasteiger partial charge in [-0.25, -0.2) is 8.42 Å². The second-order valence-electron chi connectivity index (χ2n) is 6.63. The first kappa shape index (κ1) is 19.0. The molecule has 2 N–H and O–H groups in total. The monoisotopic (exact) mass is 390 g/mol. The van der Waals surface area contributed by atoms with Crippen LogP contribution in [0.5, 0.6) is 11.5 Å². The van der Waals surface area contributed by atoms with Gasteiger partial charge in [-0.15, -0.1) is 0 Å². The van der Waals surface area contributed by atoms with Gasteiger partial charge in [-0.2, -0.15) is 0 Å². The van der Waals surface area contributed by atoms with Gasteiger partial charge < -0.3 is 14.8 Å². The van der Waals surface area contributed by atoms with E-state index in [1.54, 1.807) is 56.3 Å². The number of nitrogens with one attached hydrogen (secondary N) is 2. The Hall–Kier alpha value is -2.74. The minimum Gasteiger partial charge on any atom is -0.486 e. The normalized spacial score (nSPS) is 16.1. The molecule has 144 valence electrons. The largest absolute Gasteiger partial charge is 0.486 e. The first-order chi connectivity index (χ1) is 12.7. The van der Waals surface area contributed by atoms with Crippen LogP contribution in [0.3, 0.4) is 0 Å². The summed E-state index contributed by atoms with van der Waals surface area (Å²) in [5, 5.41) is 2.25. The van der Waals surface area contributed by atoms with Gasteiger partial charge in [0.25, 0.3) is 5.91 Å². The molecule has 1 unspecified atom stereocenters. The summed E-state index contributed by atoms with van der Waals surface area (Å²) in [5.41, 5.74) is 1.40. The molecule has 2 aromatic carbocycles. The molecule has 1 aliphatic heterocycles. The zero-order chi connectivity index (χ0) is 19.6. The third-order valence-corrected chi connectivity index (χ3v) is 5.79. The summed E-state index contributed by atoms with van der Waals surface area (Å²) in [7, 11) is -3.42. The third-order valence-electron chi connectivity index (χ3n) is 4.03. The lowest BCUT2D eigenvalue weighted by Gasteiger charge is -2.24. The summed E-state index contributed by atoms with van der Waals surface area (Å²) in [5.74, 6) is 0.927. The van der Waals surface area contributed by atoms with Gasteiger partial charge in [0.2, 0.25) is 10.0 Å². The molecule has 8 heteroatoms. The average Bonchev–Trinajstić information content (AvgIpc) is 2.61. The number of sulfonamides is 1. The molecule has 0 radical (unpaired) electrons. The van der Waals surface area contributed by atoms with Crippen molar-refractivity contribution in [3.05, 3.63) is 48.0 Å². The van der Waals surface area contributed by atoms with Crippen LogP contribution in [0.2, 0.25) is 0 Å². The number of ether oxygens (including phenoxy) is 2. The van der Waals surface area contributed by atoms with Crippen molar-refractivity contribution in [3.8, 4) is 11.5 Å². The fraction of sp³-hybridized carbons (Fsp3) is 0.316. The molecule has 1 heterocycles. The van der Waals surface area contributed by atoms with Crippen LogP contribution in [0.1, 0.15) is 31.1 Å². The smallest absolute Gasteiger partial charge is 0.255 e. The molecule has 0 fully saturated rings. The zero-order valence-corrected chi connectivity index (χ0v) is 16.2. The molecule has 1 amide bonds. The van der Waals surface area contributed by atoms with Gasteiger partial charge in [0.1, 0.15) is 12.7 Å². The quantitative estimate of drug-likeness (QED) is 0.817. The van der Waals surface area contributed by atoms with E-state index in [0.717, 1.165) is 0 Å².